The van der Waals surface area contributed by atoms with E-state index >= 15 is 0 Å². The average molecular weight is 365 g/mol. The molecular weight excluding hydrogens is 346 g/mol. The Morgan fingerprint density at radius 3 is 2.59 bits per heavy atom. The van der Waals surface area contributed by atoms with E-state index in [2.05, 4.69) is 4.99 Å². The molecule has 2 atom stereocenters. The number of nitro groups is 1. The molecule has 1 aliphatic rings. The monoisotopic (exact) mass is 365 g/mol. The quantitative estimate of drug-likeness (QED) is 0.215. The fourth-order valence-electron chi connectivity index (χ4n) is 3.44. The SMILES string of the molecule is CC1(C)c2ccc([N+](=O)[O-])cc2[C@@H](N(C#N)C(N)=Nc2ccccc2)[C@@H]1O. The Bertz CT molecular complexity index is 950. The van der Waals surface area contributed by atoms with Gasteiger partial charge in [0.25, 0.3) is 5.69 Å². The van der Waals surface area contributed by atoms with E-state index in [1.165, 1.54) is 12.1 Å². The molecule has 1 aliphatic carbocycles. The Kier molecular flexibility index (Phi) is 4.56. The molecule has 8 nitrogen and oxygen atoms in total. The predicted molar refractivity (Wildman–Crippen MR) is 100 cm³/mol. The molecule has 0 aromatic heterocycles. The lowest BCUT2D eigenvalue weighted by Gasteiger charge is -2.30. The van der Waals surface area contributed by atoms with E-state index in [0.29, 0.717) is 11.3 Å². The van der Waals surface area contributed by atoms with E-state index in [-0.39, 0.29) is 11.6 Å². The fraction of sp³-hybridized carbons (Fsp3) is 0.263. The van der Waals surface area contributed by atoms with E-state index in [0.717, 1.165) is 10.5 Å². The molecule has 0 spiro atoms. The van der Waals surface area contributed by atoms with Crippen LogP contribution in [0.5, 0.6) is 0 Å². The van der Waals surface area contributed by atoms with Crippen LogP contribution in [0, 0.1) is 21.6 Å². The maximum Gasteiger partial charge on any atom is 0.269 e. The highest BCUT2D eigenvalue weighted by Gasteiger charge is 2.49. The van der Waals surface area contributed by atoms with Gasteiger partial charge in [-0.1, -0.05) is 38.1 Å². The molecular formula is C19H19N5O3. The van der Waals surface area contributed by atoms with Gasteiger partial charge in [0.15, 0.2) is 6.19 Å². The van der Waals surface area contributed by atoms with Gasteiger partial charge in [-0.3, -0.25) is 10.1 Å². The van der Waals surface area contributed by atoms with Gasteiger partial charge in [-0.25, -0.2) is 9.89 Å². The third kappa shape index (κ3) is 3.09. The molecule has 0 aliphatic heterocycles. The number of aliphatic hydroxyl groups excluding tert-OH is 1. The van der Waals surface area contributed by atoms with E-state index in [9.17, 15) is 20.5 Å². The Morgan fingerprint density at radius 1 is 1.33 bits per heavy atom. The summed E-state index contributed by atoms with van der Waals surface area (Å²) in [6, 6.07) is 12.4. The van der Waals surface area contributed by atoms with E-state index < -0.39 is 22.5 Å². The molecule has 2 aromatic rings. The van der Waals surface area contributed by atoms with Crippen molar-refractivity contribution < 1.29 is 10.0 Å². The van der Waals surface area contributed by atoms with Crippen LogP contribution < -0.4 is 5.73 Å². The van der Waals surface area contributed by atoms with Crippen LogP contribution in [-0.2, 0) is 5.41 Å². The normalized spacial score (nSPS) is 20.6. The van der Waals surface area contributed by atoms with E-state index in [1.54, 1.807) is 30.3 Å². The number of fused-ring (bicyclic) bond motifs is 1. The fourth-order valence-corrected chi connectivity index (χ4v) is 3.44. The first kappa shape index (κ1) is 18.4. The maximum atomic E-state index is 11.2. The van der Waals surface area contributed by atoms with Gasteiger partial charge < -0.3 is 10.8 Å². The molecule has 0 amide bonds. The Labute approximate surface area is 156 Å². The lowest BCUT2D eigenvalue weighted by atomic mass is 9.84. The summed E-state index contributed by atoms with van der Waals surface area (Å²) in [6.07, 6.45) is 0.968. The molecule has 2 aromatic carbocycles. The average Bonchev–Trinajstić information content (AvgIpc) is 2.84. The molecule has 27 heavy (non-hydrogen) atoms. The number of hydrogen-bond donors (Lipinski definition) is 2. The minimum atomic E-state index is -1.00. The molecule has 3 N–H and O–H groups in total. The van der Waals surface area contributed by atoms with Crippen molar-refractivity contribution in [3.63, 3.8) is 0 Å². The van der Waals surface area contributed by atoms with Crippen molar-refractivity contribution in [3.8, 4) is 6.19 Å². The Hall–Kier alpha value is -3.44. The van der Waals surface area contributed by atoms with Crippen LogP contribution in [0.3, 0.4) is 0 Å². The predicted octanol–water partition coefficient (Wildman–Crippen LogP) is 2.72. The van der Waals surface area contributed by atoms with Crippen molar-refractivity contribution >= 4 is 17.3 Å². The number of nitrogens with zero attached hydrogens (tertiary/aromatic N) is 4. The number of aliphatic hydroxyl groups is 1. The zero-order valence-corrected chi connectivity index (χ0v) is 14.9. The topological polar surface area (TPSA) is 129 Å². The van der Waals surface area contributed by atoms with Gasteiger partial charge in [-0.2, -0.15) is 5.26 Å². The van der Waals surface area contributed by atoms with Crippen LogP contribution in [0.25, 0.3) is 0 Å². The van der Waals surface area contributed by atoms with Crippen molar-refractivity contribution in [3.05, 3.63) is 69.8 Å². The number of nitriles is 1. The summed E-state index contributed by atoms with van der Waals surface area (Å²) in [7, 11) is 0. The standard InChI is InChI=1S/C19H19N5O3/c1-19(2)15-9-8-13(24(26)27)10-14(15)16(17(19)25)23(11-20)18(21)22-12-6-4-3-5-7-12/h3-10,16-17,25H,1-2H3,(H2,21,22)/t16-,17+/m1/s1. The molecule has 0 saturated carbocycles. The van der Waals surface area contributed by atoms with Crippen molar-refractivity contribution in [2.24, 2.45) is 10.7 Å². The lowest BCUT2D eigenvalue weighted by Crippen LogP contribution is -2.43. The van der Waals surface area contributed by atoms with Crippen molar-refractivity contribution in [1.29, 1.82) is 5.26 Å². The summed E-state index contributed by atoms with van der Waals surface area (Å²) < 4.78 is 0. The molecule has 0 unspecified atom stereocenters. The van der Waals surface area contributed by atoms with Crippen LogP contribution in [0.15, 0.2) is 53.5 Å². The summed E-state index contributed by atoms with van der Waals surface area (Å²) in [5, 5.41) is 31.8. The first-order chi connectivity index (χ1) is 12.8. The molecule has 0 fully saturated rings. The van der Waals surface area contributed by atoms with Crippen LogP contribution in [0.4, 0.5) is 11.4 Å². The summed E-state index contributed by atoms with van der Waals surface area (Å²) in [5.74, 6) is -0.0945. The van der Waals surface area contributed by atoms with Gasteiger partial charge in [0, 0.05) is 17.5 Å². The van der Waals surface area contributed by atoms with Gasteiger partial charge in [-0.05, 0) is 23.3 Å². The van der Waals surface area contributed by atoms with Gasteiger partial charge in [0.2, 0.25) is 5.96 Å². The molecule has 3 rings (SSSR count). The summed E-state index contributed by atoms with van der Waals surface area (Å²) in [4.78, 5) is 16.0. The van der Waals surface area contributed by atoms with Crippen molar-refractivity contribution in [2.75, 3.05) is 0 Å². The maximum absolute atomic E-state index is 11.2. The highest BCUT2D eigenvalue weighted by Crippen LogP contribution is 2.48. The smallest absolute Gasteiger partial charge is 0.269 e. The Balaban J connectivity index is 2.10. The highest BCUT2D eigenvalue weighted by atomic mass is 16.6. The minimum Gasteiger partial charge on any atom is -0.390 e. The number of aliphatic imine (C=N–C) groups is 1. The van der Waals surface area contributed by atoms with Gasteiger partial charge >= 0.3 is 0 Å². The number of guanidine groups is 1. The van der Waals surface area contributed by atoms with Crippen molar-refractivity contribution in [1.82, 2.24) is 4.90 Å². The molecule has 138 valence electrons. The molecule has 0 bridgehead atoms. The first-order valence-corrected chi connectivity index (χ1v) is 8.32. The highest BCUT2D eigenvalue weighted by molar-refractivity contribution is 5.83. The number of rotatable bonds is 3. The largest absolute Gasteiger partial charge is 0.390 e. The minimum absolute atomic E-state index is 0.0945. The summed E-state index contributed by atoms with van der Waals surface area (Å²) in [5.41, 5.74) is 7.02. The summed E-state index contributed by atoms with van der Waals surface area (Å²) in [6.45, 7) is 3.64. The van der Waals surface area contributed by atoms with Crippen LogP contribution in [-0.4, -0.2) is 27.0 Å². The number of para-hydroxylation sites is 1. The van der Waals surface area contributed by atoms with Crippen LogP contribution >= 0.6 is 0 Å². The number of benzene rings is 2. The zero-order valence-electron chi connectivity index (χ0n) is 14.9. The van der Waals surface area contributed by atoms with Gasteiger partial charge in [-0.15, -0.1) is 0 Å². The number of non-ortho nitro benzene ring substituents is 1. The Morgan fingerprint density at radius 2 is 2.00 bits per heavy atom. The zero-order chi connectivity index (χ0) is 19.8. The number of nitro benzene ring substituents is 1. The molecule has 0 saturated heterocycles. The van der Waals surface area contributed by atoms with Gasteiger partial charge in [0.1, 0.15) is 0 Å². The molecule has 0 heterocycles. The molecule has 8 heteroatoms. The second kappa shape index (κ2) is 6.70. The second-order valence-corrected chi connectivity index (χ2v) is 6.92. The number of hydrogen-bond acceptors (Lipinski definition) is 5. The van der Waals surface area contributed by atoms with Crippen LogP contribution in [0.1, 0.15) is 31.0 Å². The third-order valence-corrected chi connectivity index (χ3v) is 4.93. The second-order valence-electron chi connectivity index (χ2n) is 6.92. The number of nitrogens with two attached hydrogens (primary N) is 1. The van der Waals surface area contributed by atoms with Crippen molar-refractivity contribution in [2.45, 2.75) is 31.4 Å². The molecule has 0 radical (unpaired) electrons. The summed E-state index contributed by atoms with van der Waals surface area (Å²) >= 11 is 0. The van der Waals surface area contributed by atoms with E-state index in [1.807, 2.05) is 26.1 Å². The third-order valence-electron chi connectivity index (χ3n) is 4.93. The lowest BCUT2D eigenvalue weighted by molar-refractivity contribution is -0.384. The first-order valence-electron chi connectivity index (χ1n) is 8.32. The van der Waals surface area contributed by atoms with Crippen LogP contribution in [0.2, 0.25) is 0 Å². The van der Waals surface area contributed by atoms with Gasteiger partial charge in [0.05, 0.1) is 22.8 Å². The van der Waals surface area contributed by atoms with E-state index in [4.69, 9.17) is 5.73 Å².